The van der Waals surface area contributed by atoms with Crippen molar-refractivity contribution in [3.05, 3.63) is 60.2 Å². The van der Waals surface area contributed by atoms with Crippen molar-refractivity contribution in [1.82, 2.24) is 5.32 Å². The molecule has 0 spiro atoms. The van der Waals surface area contributed by atoms with E-state index in [0.717, 1.165) is 21.5 Å². The zero-order valence-corrected chi connectivity index (χ0v) is 15.8. The average Bonchev–Trinajstić information content (AvgIpc) is 2.62. The molecular formula is C22H25NO4. The number of ether oxygens (including phenoxy) is 1. The van der Waals surface area contributed by atoms with Gasteiger partial charge in [-0.2, -0.15) is 0 Å². The van der Waals surface area contributed by atoms with Crippen LogP contribution in [0.3, 0.4) is 0 Å². The summed E-state index contributed by atoms with van der Waals surface area (Å²) < 4.78 is 5.17. The normalized spacial score (nSPS) is 14.1. The minimum Gasteiger partial charge on any atom is -0.444 e. The molecule has 0 saturated heterocycles. The van der Waals surface area contributed by atoms with Crippen molar-refractivity contribution in [3.8, 4) is 0 Å². The summed E-state index contributed by atoms with van der Waals surface area (Å²) in [6.45, 7) is 5.17. The third-order valence-electron chi connectivity index (χ3n) is 4.33. The predicted molar refractivity (Wildman–Crippen MR) is 107 cm³/mol. The Morgan fingerprint density at radius 3 is 2.04 bits per heavy atom. The molecule has 0 bridgehead atoms. The molecule has 2 atom stereocenters. The standard InChI is InChI=1S/C22H25NO4/c1-22(2,3)27-21(26)23-13-18(24)20(25)19-16-10-6-4-8-14(16)12-15-9-5-7-11-17(15)19/h4-12,18,20,24-25H,13H2,1-3H3,(H,23,26). The van der Waals surface area contributed by atoms with Gasteiger partial charge in [-0.1, -0.05) is 48.5 Å². The van der Waals surface area contributed by atoms with E-state index in [1.54, 1.807) is 20.8 Å². The van der Waals surface area contributed by atoms with Crippen molar-refractivity contribution >= 4 is 27.6 Å². The third-order valence-corrected chi connectivity index (χ3v) is 4.33. The molecule has 0 saturated carbocycles. The number of benzene rings is 3. The lowest BCUT2D eigenvalue weighted by Gasteiger charge is -2.24. The maximum Gasteiger partial charge on any atom is 0.407 e. The Bertz CT molecular complexity index is 907. The van der Waals surface area contributed by atoms with Crippen LogP contribution < -0.4 is 5.32 Å². The Morgan fingerprint density at radius 1 is 1.00 bits per heavy atom. The first kappa shape index (κ1) is 19.1. The number of hydrogen-bond acceptors (Lipinski definition) is 4. The van der Waals surface area contributed by atoms with Gasteiger partial charge in [-0.05, 0) is 53.9 Å². The maximum absolute atomic E-state index is 11.8. The number of carbonyl (C=O) groups excluding carboxylic acids is 1. The lowest BCUT2D eigenvalue weighted by Crippen LogP contribution is -2.38. The van der Waals surface area contributed by atoms with Crippen molar-refractivity contribution in [3.63, 3.8) is 0 Å². The molecule has 3 aromatic rings. The van der Waals surface area contributed by atoms with E-state index in [0.29, 0.717) is 5.56 Å². The van der Waals surface area contributed by atoms with Crippen LogP contribution in [0.5, 0.6) is 0 Å². The topological polar surface area (TPSA) is 78.8 Å². The van der Waals surface area contributed by atoms with Crippen LogP contribution >= 0.6 is 0 Å². The minimum atomic E-state index is -1.17. The molecule has 2 unspecified atom stereocenters. The molecule has 5 nitrogen and oxygen atoms in total. The SMILES string of the molecule is CC(C)(C)OC(=O)NCC(O)C(O)c1c2ccccc2cc2ccccc12. The number of amides is 1. The van der Waals surface area contributed by atoms with Crippen molar-refractivity contribution in [1.29, 1.82) is 0 Å². The number of nitrogens with one attached hydrogen (secondary N) is 1. The summed E-state index contributed by atoms with van der Waals surface area (Å²) in [6, 6.07) is 17.5. The number of hydrogen-bond donors (Lipinski definition) is 3. The number of carbonyl (C=O) groups is 1. The summed E-state index contributed by atoms with van der Waals surface area (Å²) in [4.78, 5) is 11.8. The molecule has 0 aliphatic heterocycles. The fraction of sp³-hybridized carbons (Fsp3) is 0.318. The quantitative estimate of drug-likeness (QED) is 0.611. The molecule has 0 fully saturated rings. The highest BCUT2D eigenvalue weighted by Gasteiger charge is 2.24. The van der Waals surface area contributed by atoms with Crippen molar-refractivity contribution < 1.29 is 19.7 Å². The summed E-state index contributed by atoms with van der Waals surface area (Å²) in [7, 11) is 0. The monoisotopic (exact) mass is 367 g/mol. The van der Waals surface area contributed by atoms with Crippen molar-refractivity contribution in [2.45, 2.75) is 38.6 Å². The molecule has 0 heterocycles. The van der Waals surface area contributed by atoms with Crippen LogP contribution in [0.25, 0.3) is 21.5 Å². The first-order valence-corrected chi connectivity index (χ1v) is 8.99. The average molecular weight is 367 g/mol. The van der Waals surface area contributed by atoms with Gasteiger partial charge in [-0.25, -0.2) is 4.79 Å². The van der Waals surface area contributed by atoms with Gasteiger partial charge in [0.2, 0.25) is 0 Å². The second-order valence-electron chi connectivity index (χ2n) is 7.63. The van der Waals surface area contributed by atoms with E-state index >= 15 is 0 Å². The number of fused-ring (bicyclic) bond motifs is 2. The second kappa shape index (κ2) is 7.55. The first-order valence-electron chi connectivity index (χ1n) is 8.99. The van der Waals surface area contributed by atoms with Crippen LogP contribution in [0.1, 0.15) is 32.4 Å². The molecule has 0 aliphatic carbocycles. The molecule has 0 radical (unpaired) electrons. The number of alkyl carbamates (subject to hydrolysis) is 1. The van der Waals surface area contributed by atoms with Gasteiger partial charge >= 0.3 is 6.09 Å². The smallest absolute Gasteiger partial charge is 0.407 e. The largest absolute Gasteiger partial charge is 0.444 e. The molecule has 1 amide bonds. The van der Waals surface area contributed by atoms with E-state index in [2.05, 4.69) is 11.4 Å². The molecule has 0 aromatic heterocycles. The van der Waals surface area contributed by atoms with Crippen LogP contribution in [0, 0.1) is 0 Å². The van der Waals surface area contributed by atoms with Crippen LogP contribution in [0.4, 0.5) is 4.79 Å². The van der Waals surface area contributed by atoms with Gasteiger partial charge in [-0.15, -0.1) is 0 Å². The second-order valence-corrected chi connectivity index (χ2v) is 7.63. The van der Waals surface area contributed by atoms with Crippen molar-refractivity contribution in [2.75, 3.05) is 6.54 Å². The van der Waals surface area contributed by atoms with Gasteiger partial charge in [-0.3, -0.25) is 0 Å². The predicted octanol–water partition coefficient (Wildman–Crippen LogP) is 3.91. The summed E-state index contributed by atoms with van der Waals surface area (Å²) in [5.41, 5.74) is 0.0293. The van der Waals surface area contributed by atoms with E-state index < -0.39 is 23.9 Å². The Kier molecular flexibility index (Phi) is 5.35. The van der Waals surface area contributed by atoms with Gasteiger partial charge < -0.3 is 20.3 Å². The molecule has 142 valence electrons. The summed E-state index contributed by atoms with van der Waals surface area (Å²) in [6.07, 6.45) is -2.96. The Labute approximate surface area is 158 Å². The maximum atomic E-state index is 11.8. The molecule has 3 N–H and O–H groups in total. The zero-order valence-electron chi connectivity index (χ0n) is 15.8. The fourth-order valence-corrected chi connectivity index (χ4v) is 3.17. The third kappa shape index (κ3) is 4.38. The highest BCUT2D eigenvalue weighted by Crippen LogP contribution is 2.34. The summed E-state index contributed by atoms with van der Waals surface area (Å²) in [5.74, 6) is 0. The Morgan fingerprint density at radius 2 is 1.52 bits per heavy atom. The number of aliphatic hydroxyl groups is 2. The van der Waals surface area contributed by atoms with E-state index in [1.807, 2.05) is 48.5 Å². The number of rotatable bonds is 4. The van der Waals surface area contributed by atoms with Crippen LogP contribution in [-0.2, 0) is 4.74 Å². The lowest BCUT2D eigenvalue weighted by atomic mass is 9.91. The highest BCUT2D eigenvalue weighted by molar-refractivity contribution is 6.02. The van der Waals surface area contributed by atoms with Gasteiger partial charge in [0.1, 0.15) is 17.8 Å². The fourth-order valence-electron chi connectivity index (χ4n) is 3.17. The van der Waals surface area contributed by atoms with E-state index in [9.17, 15) is 15.0 Å². The van der Waals surface area contributed by atoms with Gasteiger partial charge in [0, 0.05) is 6.54 Å². The van der Waals surface area contributed by atoms with E-state index in [4.69, 9.17) is 4.74 Å². The lowest BCUT2D eigenvalue weighted by molar-refractivity contribution is 0.0143. The Balaban J connectivity index is 1.90. The highest BCUT2D eigenvalue weighted by atomic mass is 16.6. The van der Waals surface area contributed by atoms with Crippen LogP contribution in [0.15, 0.2) is 54.6 Å². The molecule has 3 rings (SSSR count). The van der Waals surface area contributed by atoms with E-state index in [-0.39, 0.29) is 6.54 Å². The van der Waals surface area contributed by atoms with Crippen molar-refractivity contribution in [2.24, 2.45) is 0 Å². The minimum absolute atomic E-state index is 0.117. The molecule has 27 heavy (non-hydrogen) atoms. The van der Waals surface area contributed by atoms with Crippen LogP contribution in [-0.4, -0.2) is 34.6 Å². The number of aliphatic hydroxyl groups excluding tert-OH is 2. The molecule has 3 aromatic carbocycles. The summed E-state index contributed by atoms with van der Waals surface area (Å²) in [5, 5.41) is 27.6. The van der Waals surface area contributed by atoms with Crippen LogP contribution in [0.2, 0.25) is 0 Å². The molecular weight excluding hydrogens is 342 g/mol. The first-order chi connectivity index (χ1) is 12.8. The van der Waals surface area contributed by atoms with Gasteiger partial charge in [0.25, 0.3) is 0 Å². The van der Waals surface area contributed by atoms with Gasteiger partial charge in [0.05, 0.1) is 0 Å². The van der Waals surface area contributed by atoms with Gasteiger partial charge in [0.15, 0.2) is 0 Å². The molecule has 5 heteroatoms. The zero-order chi connectivity index (χ0) is 19.6. The van der Waals surface area contributed by atoms with E-state index in [1.165, 1.54) is 0 Å². The molecule has 0 aliphatic rings. The Hall–Kier alpha value is -2.63. The summed E-state index contributed by atoms with van der Waals surface area (Å²) >= 11 is 0.